The summed E-state index contributed by atoms with van der Waals surface area (Å²) in [5, 5.41) is 3.54. The Morgan fingerprint density at radius 2 is 2.00 bits per heavy atom. The quantitative estimate of drug-likeness (QED) is 0.832. The van der Waals surface area contributed by atoms with E-state index >= 15 is 0 Å². The van der Waals surface area contributed by atoms with Gasteiger partial charge in [0.05, 0.1) is 4.47 Å². The van der Waals surface area contributed by atoms with Crippen molar-refractivity contribution in [3.8, 4) is 0 Å². The van der Waals surface area contributed by atoms with Crippen LogP contribution < -0.4 is 5.32 Å². The minimum absolute atomic E-state index is 0.327. The fourth-order valence-corrected chi connectivity index (χ4v) is 1.87. The van der Waals surface area contributed by atoms with Crippen LogP contribution in [0.1, 0.15) is 12.8 Å². The van der Waals surface area contributed by atoms with Crippen LogP contribution in [-0.2, 0) is 0 Å². The van der Waals surface area contributed by atoms with Crippen molar-refractivity contribution in [3.63, 3.8) is 0 Å². The largest absolute Gasteiger partial charge is 0.351 e. The summed E-state index contributed by atoms with van der Waals surface area (Å²) in [5.41, 5.74) is 0. The van der Waals surface area contributed by atoms with Crippen LogP contribution in [0, 0.1) is 0 Å². The van der Waals surface area contributed by atoms with E-state index in [0.29, 0.717) is 17.4 Å². The molecule has 1 heterocycles. The van der Waals surface area contributed by atoms with Gasteiger partial charge in [-0.3, -0.25) is 0 Å². The topological polar surface area (TPSA) is 37.8 Å². The fraction of sp³-hybridized carbons (Fsp3) is 0.500. The van der Waals surface area contributed by atoms with Gasteiger partial charge < -0.3 is 5.32 Å². The van der Waals surface area contributed by atoms with Gasteiger partial charge in [-0.15, -0.1) is 11.6 Å². The maximum Gasteiger partial charge on any atom is 0.222 e. The van der Waals surface area contributed by atoms with Crippen molar-refractivity contribution in [2.75, 3.05) is 5.32 Å². The van der Waals surface area contributed by atoms with Crippen molar-refractivity contribution in [1.29, 1.82) is 0 Å². The predicted octanol–water partition coefficient (Wildman–Crippen LogP) is 2.42. The smallest absolute Gasteiger partial charge is 0.222 e. The molecule has 1 aliphatic carbocycles. The van der Waals surface area contributed by atoms with Gasteiger partial charge in [-0.2, -0.15) is 0 Å². The summed E-state index contributed by atoms with van der Waals surface area (Å²) in [6.07, 6.45) is 5.46. The molecule has 0 spiro atoms. The Morgan fingerprint density at radius 1 is 1.38 bits per heavy atom. The molecule has 0 aromatic carbocycles. The van der Waals surface area contributed by atoms with E-state index in [0.717, 1.165) is 17.3 Å². The van der Waals surface area contributed by atoms with Gasteiger partial charge in [0.25, 0.3) is 0 Å². The van der Waals surface area contributed by atoms with Gasteiger partial charge in [-0.1, -0.05) is 0 Å². The second-order valence-electron chi connectivity index (χ2n) is 3.13. The first-order valence-corrected chi connectivity index (χ1v) is 5.35. The molecule has 70 valence electrons. The summed E-state index contributed by atoms with van der Waals surface area (Å²) in [5.74, 6) is 0.678. The van der Waals surface area contributed by atoms with Crippen LogP contribution in [0.3, 0.4) is 0 Å². The van der Waals surface area contributed by atoms with Crippen molar-refractivity contribution in [3.05, 3.63) is 16.9 Å². The molecule has 5 heteroatoms. The first-order chi connectivity index (χ1) is 6.24. The summed E-state index contributed by atoms with van der Waals surface area (Å²) < 4.78 is 0.891. The van der Waals surface area contributed by atoms with E-state index in [-0.39, 0.29) is 0 Å². The van der Waals surface area contributed by atoms with Gasteiger partial charge in [-0.25, -0.2) is 9.97 Å². The lowest BCUT2D eigenvalue weighted by molar-refractivity contribution is 0.452. The number of rotatable bonds is 2. The van der Waals surface area contributed by atoms with Gasteiger partial charge in [0.2, 0.25) is 5.95 Å². The molecule has 2 rings (SSSR count). The van der Waals surface area contributed by atoms with Crippen LogP contribution in [0.25, 0.3) is 0 Å². The summed E-state index contributed by atoms with van der Waals surface area (Å²) in [6, 6.07) is 0.448. The van der Waals surface area contributed by atoms with Crippen molar-refractivity contribution >= 4 is 33.5 Å². The molecular formula is C8H9BrClN3. The minimum atomic E-state index is 0.327. The van der Waals surface area contributed by atoms with Crippen LogP contribution in [0.15, 0.2) is 16.9 Å². The zero-order valence-electron chi connectivity index (χ0n) is 6.87. The highest BCUT2D eigenvalue weighted by Gasteiger charge is 2.27. The molecule has 0 atom stereocenters. The molecule has 0 amide bonds. The van der Waals surface area contributed by atoms with Crippen LogP contribution in [0.5, 0.6) is 0 Å². The van der Waals surface area contributed by atoms with Crippen LogP contribution in [-0.4, -0.2) is 21.4 Å². The summed E-state index contributed by atoms with van der Waals surface area (Å²) >= 11 is 9.13. The second kappa shape index (κ2) is 3.80. The Kier molecular flexibility index (Phi) is 2.69. The molecule has 1 saturated carbocycles. The van der Waals surface area contributed by atoms with E-state index in [1.807, 2.05) is 0 Å². The number of alkyl halides is 1. The van der Waals surface area contributed by atoms with E-state index in [2.05, 4.69) is 31.2 Å². The number of aromatic nitrogens is 2. The normalized spacial score (nSPS) is 26.6. The van der Waals surface area contributed by atoms with Crippen LogP contribution in [0.2, 0.25) is 0 Å². The molecule has 0 bridgehead atoms. The SMILES string of the molecule is ClC1CC(Nc2ncc(Br)cn2)C1. The molecule has 1 aromatic heterocycles. The molecule has 13 heavy (non-hydrogen) atoms. The number of hydrogen-bond donors (Lipinski definition) is 1. The maximum atomic E-state index is 5.85. The molecule has 1 N–H and O–H groups in total. The number of halogens is 2. The van der Waals surface area contributed by atoms with E-state index < -0.39 is 0 Å². The molecule has 0 saturated heterocycles. The van der Waals surface area contributed by atoms with Crippen molar-refractivity contribution in [2.45, 2.75) is 24.3 Å². The molecule has 1 fully saturated rings. The Hall–Kier alpha value is -0.350. The first kappa shape index (κ1) is 9.21. The van der Waals surface area contributed by atoms with E-state index in [1.165, 1.54) is 0 Å². The Bertz CT molecular complexity index is 284. The number of anilines is 1. The molecule has 0 aliphatic heterocycles. The lowest BCUT2D eigenvalue weighted by atomic mass is 9.93. The number of nitrogens with zero attached hydrogens (tertiary/aromatic N) is 2. The van der Waals surface area contributed by atoms with Crippen molar-refractivity contribution in [1.82, 2.24) is 9.97 Å². The zero-order chi connectivity index (χ0) is 9.26. The van der Waals surface area contributed by atoms with Gasteiger partial charge in [0.15, 0.2) is 0 Å². The van der Waals surface area contributed by atoms with Crippen molar-refractivity contribution < 1.29 is 0 Å². The summed E-state index contributed by atoms with van der Waals surface area (Å²) in [7, 11) is 0. The standard InChI is InChI=1S/C8H9BrClN3/c9-5-3-11-8(12-4-5)13-7-1-6(10)2-7/h3-4,6-7H,1-2H2,(H,11,12,13). The fourth-order valence-electron chi connectivity index (χ4n) is 1.24. The van der Waals surface area contributed by atoms with Crippen LogP contribution >= 0.6 is 27.5 Å². The number of hydrogen-bond acceptors (Lipinski definition) is 3. The highest BCUT2D eigenvalue weighted by atomic mass is 79.9. The Balaban J connectivity index is 1.91. The monoisotopic (exact) mass is 261 g/mol. The second-order valence-corrected chi connectivity index (χ2v) is 4.67. The van der Waals surface area contributed by atoms with Gasteiger partial charge >= 0.3 is 0 Å². The lowest BCUT2D eigenvalue weighted by Gasteiger charge is -2.31. The summed E-state index contributed by atoms with van der Waals surface area (Å²) in [6.45, 7) is 0. The molecule has 1 aromatic rings. The lowest BCUT2D eigenvalue weighted by Crippen LogP contribution is -2.36. The van der Waals surface area contributed by atoms with Gasteiger partial charge in [0.1, 0.15) is 0 Å². The molecule has 1 aliphatic rings. The molecule has 3 nitrogen and oxygen atoms in total. The highest BCUT2D eigenvalue weighted by molar-refractivity contribution is 9.10. The summed E-state index contributed by atoms with van der Waals surface area (Å²) in [4.78, 5) is 8.23. The Labute approximate surface area is 90.0 Å². The maximum absolute atomic E-state index is 5.85. The van der Waals surface area contributed by atoms with E-state index in [4.69, 9.17) is 11.6 Å². The Morgan fingerprint density at radius 3 is 2.54 bits per heavy atom. The van der Waals surface area contributed by atoms with Gasteiger partial charge in [0, 0.05) is 23.8 Å². The minimum Gasteiger partial charge on any atom is -0.351 e. The molecular weight excluding hydrogens is 253 g/mol. The van der Waals surface area contributed by atoms with Gasteiger partial charge in [-0.05, 0) is 28.8 Å². The first-order valence-electron chi connectivity index (χ1n) is 4.12. The highest BCUT2D eigenvalue weighted by Crippen LogP contribution is 2.27. The van der Waals surface area contributed by atoms with Crippen LogP contribution in [0.4, 0.5) is 5.95 Å². The third-order valence-corrected chi connectivity index (χ3v) is 2.80. The van der Waals surface area contributed by atoms with E-state index in [1.54, 1.807) is 12.4 Å². The van der Waals surface area contributed by atoms with Crippen molar-refractivity contribution in [2.24, 2.45) is 0 Å². The third kappa shape index (κ3) is 2.31. The third-order valence-electron chi connectivity index (χ3n) is 2.03. The molecule has 0 unspecified atom stereocenters. The average Bonchev–Trinajstić information content (AvgIpc) is 2.06. The predicted molar refractivity (Wildman–Crippen MR) is 56.0 cm³/mol. The number of nitrogens with one attached hydrogen (secondary N) is 1. The zero-order valence-corrected chi connectivity index (χ0v) is 9.22. The average molecular weight is 263 g/mol. The van der Waals surface area contributed by atoms with E-state index in [9.17, 15) is 0 Å². The molecule has 0 radical (unpaired) electrons.